The van der Waals surface area contributed by atoms with Gasteiger partial charge < -0.3 is 0 Å². The fraction of sp³-hybridized carbons (Fsp3) is 0.111. The van der Waals surface area contributed by atoms with E-state index in [1.807, 2.05) is 35.9 Å². The molecule has 0 saturated carbocycles. The van der Waals surface area contributed by atoms with Gasteiger partial charge in [-0.15, -0.1) is 0 Å². The second-order valence-corrected chi connectivity index (χ2v) is 4.27. The van der Waals surface area contributed by atoms with E-state index in [0.717, 1.165) is 15.9 Å². The van der Waals surface area contributed by atoms with Crippen molar-refractivity contribution in [3.63, 3.8) is 0 Å². The number of hydrogen-bond donors (Lipinski definition) is 2. The Morgan fingerprint density at radius 3 is 2.36 bits per heavy atom. The SMILES string of the molecule is C[n+]1c(-c2ccc(Br)cc2)[nH][nH]c1=S. The Bertz CT molecular complexity index is 498. The minimum Gasteiger partial charge on any atom is -0.221 e. The van der Waals surface area contributed by atoms with Crippen molar-refractivity contribution in [3.8, 4) is 11.4 Å². The molecule has 0 fully saturated rings. The molecule has 2 rings (SSSR count). The summed E-state index contributed by atoms with van der Waals surface area (Å²) < 4.78 is 3.65. The monoisotopic (exact) mass is 270 g/mol. The first kappa shape index (κ1) is 9.61. The van der Waals surface area contributed by atoms with Gasteiger partial charge in [0.2, 0.25) is 0 Å². The Balaban J connectivity index is 2.55. The highest BCUT2D eigenvalue weighted by Gasteiger charge is 2.10. The van der Waals surface area contributed by atoms with Crippen molar-refractivity contribution in [2.24, 2.45) is 7.05 Å². The number of nitrogens with zero attached hydrogens (tertiary/aromatic N) is 1. The Labute approximate surface area is 94.9 Å². The van der Waals surface area contributed by atoms with Crippen LogP contribution in [0, 0.1) is 4.77 Å². The molecular weight excluding hydrogens is 262 g/mol. The number of benzene rings is 1. The van der Waals surface area contributed by atoms with Crippen LogP contribution in [0.1, 0.15) is 0 Å². The van der Waals surface area contributed by atoms with E-state index in [9.17, 15) is 0 Å². The van der Waals surface area contributed by atoms with E-state index in [1.54, 1.807) is 0 Å². The summed E-state index contributed by atoms with van der Waals surface area (Å²) in [6, 6.07) is 8.05. The summed E-state index contributed by atoms with van der Waals surface area (Å²) in [6.45, 7) is 0. The molecule has 0 bridgehead atoms. The fourth-order valence-electron chi connectivity index (χ4n) is 1.26. The Morgan fingerprint density at radius 2 is 1.86 bits per heavy atom. The van der Waals surface area contributed by atoms with Crippen molar-refractivity contribution in [1.29, 1.82) is 0 Å². The highest BCUT2D eigenvalue weighted by Crippen LogP contribution is 2.16. The quantitative estimate of drug-likeness (QED) is 0.606. The highest BCUT2D eigenvalue weighted by atomic mass is 79.9. The highest BCUT2D eigenvalue weighted by molar-refractivity contribution is 9.10. The summed E-state index contributed by atoms with van der Waals surface area (Å²) in [7, 11) is 1.92. The molecule has 14 heavy (non-hydrogen) atoms. The van der Waals surface area contributed by atoms with Gasteiger partial charge in [-0.1, -0.05) is 15.9 Å². The number of halogens is 1. The van der Waals surface area contributed by atoms with E-state index in [0.29, 0.717) is 4.77 Å². The lowest BCUT2D eigenvalue weighted by Crippen LogP contribution is -2.29. The number of hydrogen-bond acceptors (Lipinski definition) is 1. The van der Waals surface area contributed by atoms with Crippen LogP contribution in [0.15, 0.2) is 28.7 Å². The van der Waals surface area contributed by atoms with Gasteiger partial charge in [0.15, 0.2) is 0 Å². The molecule has 0 aliphatic carbocycles. The summed E-state index contributed by atoms with van der Waals surface area (Å²) in [5.74, 6) is 0.975. The van der Waals surface area contributed by atoms with Crippen molar-refractivity contribution in [3.05, 3.63) is 33.5 Å². The summed E-state index contributed by atoms with van der Waals surface area (Å²) in [5, 5.41) is 5.92. The van der Waals surface area contributed by atoms with Crippen LogP contribution < -0.4 is 4.57 Å². The van der Waals surface area contributed by atoms with Crippen LogP contribution in [0.25, 0.3) is 11.4 Å². The molecule has 0 unspecified atom stereocenters. The summed E-state index contributed by atoms with van der Waals surface area (Å²) in [6.07, 6.45) is 0. The van der Waals surface area contributed by atoms with E-state index in [-0.39, 0.29) is 0 Å². The molecular formula is C9H9BrN3S+. The fourth-order valence-corrected chi connectivity index (χ4v) is 1.66. The van der Waals surface area contributed by atoms with Crippen LogP contribution in [-0.4, -0.2) is 10.2 Å². The maximum Gasteiger partial charge on any atom is 0.323 e. The Hall–Kier alpha value is -0.940. The minimum absolute atomic E-state index is 0.683. The lowest BCUT2D eigenvalue weighted by atomic mass is 10.2. The first-order chi connectivity index (χ1) is 6.68. The van der Waals surface area contributed by atoms with Gasteiger partial charge in [0.05, 0.1) is 12.6 Å². The third kappa shape index (κ3) is 1.65. The average Bonchev–Trinajstić information content (AvgIpc) is 2.50. The zero-order valence-electron chi connectivity index (χ0n) is 7.54. The van der Waals surface area contributed by atoms with Crippen LogP contribution in [-0.2, 0) is 7.05 Å². The molecule has 0 atom stereocenters. The first-order valence-corrected chi connectivity index (χ1v) is 5.31. The Kier molecular flexibility index (Phi) is 2.52. The van der Waals surface area contributed by atoms with E-state index >= 15 is 0 Å². The Morgan fingerprint density at radius 1 is 1.21 bits per heavy atom. The van der Waals surface area contributed by atoms with Gasteiger partial charge in [-0.05, 0) is 36.5 Å². The van der Waals surface area contributed by atoms with Crippen LogP contribution >= 0.6 is 28.1 Å². The molecule has 1 aromatic carbocycles. The summed E-state index contributed by atoms with van der Waals surface area (Å²) in [5.41, 5.74) is 1.10. The molecule has 0 amide bonds. The number of rotatable bonds is 1. The van der Waals surface area contributed by atoms with Crippen molar-refractivity contribution < 1.29 is 4.57 Å². The van der Waals surface area contributed by atoms with E-state index in [1.165, 1.54) is 0 Å². The smallest absolute Gasteiger partial charge is 0.221 e. The zero-order valence-corrected chi connectivity index (χ0v) is 9.95. The molecule has 0 spiro atoms. The molecule has 0 aliphatic rings. The first-order valence-electron chi connectivity index (χ1n) is 4.11. The van der Waals surface area contributed by atoms with E-state index < -0.39 is 0 Å². The molecule has 5 heteroatoms. The molecule has 1 aromatic heterocycles. The molecule has 2 aromatic rings. The molecule has 0 aliphatic heterocycles. The topological polar surface area (TPSA) is 35.5 Å². The molecule has 2 N–H and O–H groups in total. The number of aromatic amines is 2. The van der Waals surface area contributed by atoms with Crippen LogP contribution in [0.4, 0.5) is 0 Å². The lowest BCUT2D eigenvalue weighted by molar-refractivity contribution is -0.667. The van der Waals surface area contributed by atoms with Crippen molar-refractivity contribution >= 4 is 28.1 Å². The minimum atomic E-state index is 0.683. The zero-order chi connectivity index (χ0) is 10.1. The lowest BCUT2D eigenvalue weighted by Gasteiger charge is -1.95. The van der Waals surface area contributed by atoms with Gasteiger partial charge in [0.1, 0.15) is 0 Å². The second kappa shape index (κ2) is 3.67. The van der Waals surface area contributed by atoms with E-state index in [2.05, 4.69) is 26.1 Å². The molecule has 72 valence electrons. The van der Waals surface area contributed by atoms with Gasteiger partial charge in [0, 0.05) is 4.47 Å². The molecule has 3 nitrogen and oxygen atoms in total. The predicted molar refractivity (Wildman–Crippen MR) is 60.3 cm³/mol. The molecule has 0 saturated heterocycles. The maximum atomic E-state index is 5.07. The van der Waals surface area contributed by atoms with Crippen molar-refractivity contribution in [2.75, 3.05) is 0 Å². The third-order valence-corrected chi connectivity index (χ3v) is 2.95. The molecule has 0 radical (unpaired) electrons. The summed E-state index contributed by atoms with van der Waals surface area (Å²) >= 11 is 8.46. The molecule has 1 heterocycles. The van der Waals surface area contributed by atoms with E-state index in [4.69, 9.17) is 12.2 Å². The van der Waals surface area contributed by atoms with Crippen LogP contribution in [0.5, 0.6) is 0 Å². The maximum absolute atomic E-state index is 5.07. The van der Waals surface area contributed by atoms with Crippen LogP contribution in [0.3, 0.4) is 0 Å². The van der Waals surface area contributed by atoms with Gasteiger partial charge in [0.25, 0.3) is 5.82 Å². The van der Waals surface area contributed by atoms with Gasteiger partial charge in [-0.3, -0.25) is 0 Å². The van der Waals surface area contributed by atoms with Crippen molar-refractivity contribution in [2.45, 2.75) is 0 Å². The second-order valence-electron chi connectivity index (χ2n) is 2.97. The van der Waals surface area contributed by atoms with Gasteiger partial charge >= 0.3 is 4.77 Å². The van der Waals surface area contributed by atoms with Gasteiger partial charge in [-0.2, -0.15) is 10.2 Å². The normalized spacial score (nSPS) is 10.4. The largest absolute Gasteiger partial charge is 0.323 e. The number of H-pyrrole nitrogens is 2. The predicted octanol–water partition coefficient (Wildman–Crippen LogP) is 2.33. The summed E-state index contributed by atoms with van der Waals surface area (Å²) in [4.78, 5) is 0. The number of nitrogens with one attached hydrogen (secondary N) is 2. The average molecular weight is 271 g/mol. The van der Waals surface area contributed by atoms with Crippen molar-refractivity contribution in [1.82, 2.24) is 10.2 Å². The third-order valence-electron chi connectivity index (χ3n) is 2.05. The van der Waals surface area contributed by atoms with Gasteiger partial charge in [-0.25, -0.2) is 4.57 Å². The number of aromatic nitrogens is 3. The van der Waals surface area contributed by atoms with Crippen LogP contribution in [0.2, 0.25) is 0 Å². The standard InChI is InChI=1S/C9H8BrN3S/c1-13-8(11-12-9(13)14)6-2-4-7(10)5-3-6/h2-5H,1H3,(H,12,14)/p+1.